The summed E-state index contributed by atoms with van der Waals surface area (Å²) in [5.74, 6) is 0. The second-order valence-electron chi connectivity index (χ2n) is 3.68. The van der Waals surface area contributed by atoms with Crippen molar-refractivity contribution < 1.29 is 8.42 Å². The number of rotatable bonds is 6. The van der Waals surface area contributed by atoms with E-state index in [0.29, 0.717) is 12.2 Å². The van der Waals surface area contributed by atoms with Crippen LogP contribution in [0.1, 0.15) is 26.2 Å². The molecule has 0 heterocycles. The summed E-state index contributed by atoms with van der Waals surface area (Å²) in [5, 5.41) is 0. The van der Waals surface area contributed by atoms with Gasteiger partial charge in [-0.3, -0.25) is 0 Å². The van der Waals surface area contributed by atoms with Gasteiger partial charge in [-0.25, -0.2) is 13.1 Å². The predicted octanol–water partition coefficient (Wildman–Crippen LogP) is 1.74. The molecule has 0 spiro atoms. The number of nitrogens with two attached hydrogens (primary N) is 1. The van der Waals surface area contributed by atoms with E-state index in [0.717, 1.165) is 19.3 Å². The SMILES string of the molecule is CCCCCNS(=O)(=O)c1cccc(N)c1. The van der Waals surface area contributed by atoms with Gasteiger partial charge in [0.1, 0.15) is 0 Å². The van der Waals surface area contributed by atoms with E-state index in [1.807, 2.05) is 0 Å². The number of unbranched alkanes of at least 4 members (excludes halogenated alkanes) is 2. The van der Waals surface area contributed by atoms with Crippen molar-refractivity contribution in [1.82, 2.24) is 4.72 Å². The average Bonchev–Trinajstić information content (AvgIpc) is 2.24. The van der Waals surface area contributed by atoms with Crippen LogP contribution in [0.25, 0.3) is 0 Å². The highest BCUT2D eigenvalue weighted by atomic mass is 32.2. The van der Waals surface area contributed by atoms with Crippen LogP contribution in [0.15, 0.2) is 29.2 Å². The zero-order chi connectivity index (χ0) is 12.0. The summed E-state index contributed by atoms with van der Waals surface area (Å²) in [7, 11) is -3.39. The van der Waals surface area contributed by atoms with Gasteiger partial charge in [0.2, 0.25) is 10.0 Å². The highest BCUT2D eigenvalue weighted by Crippen LogP contribution is 2.12. The third-order valence-corrected chi connectivity index (χ3v) is 3.70. The first-order chi connectivity index (χ1) is 7.56. The number of nitrogens with one attached hydrogen (secondary N) is 1. The van der Waals surface area contributed by atoms with Crippen LogP contribution in [0.4, 0.5) is 5.69 Å². The Kier molecular flexibility index (Phi) is 4.76. The van der Waals surface area contributed by atoms with Crippen LogP contribution in [0.5, 0.6) is 0 Å². The van der Waals surface area contributed by atoms with Crippen molar-refractivity contribution in [3.63, 3.8) is 0 Å². The molecule has 0 fully saturated rings. The third kappa shape index (κ3) is 3.83. The summed E-state index contributed by atoms with van der Waals surface area (Å²) in [6.45, 7) is 2.55. The Labute approximate surface area is 96.9 Å². The molecular weight excluding hydrogens is 224 g/mol. The summed E-state index contributed by atoms with van der Waals surface area (Å²) in [6.07, 6.45) is 2.96. The second-order valence-corrected chi connectivity index (χ2v) is 5.44. The van der Waals surface area contributed by atoms with E-state index < -0.39 is 10.0 Å². The van der Waals surface area contributed by atoms with Crippen LogP contribution in [-0.2, 0) is 10.0 Å². The standard InChI is InChI=1S/C11H18N2O2S/c1-2-3-4-8-13-16(14,15)11-7-5-6-10(12)9-11/h5-7,9,13H,2-4,8,12H2,1H3. The molecule has 1 rings (SSSR count). The molecule has 16 heavy (non-hydrogen) atoms. The Bertz CT molecular complexity index is 429. The molecule has 0 atom stereocenters. The molecule has 4 nitrogen and oxygen atoms in total. The molecule has 0 saturated heterocycles. The average molecular weight is 242 g/mol. The van der Waals surface area contributed by atoms with Crippen LogP contribution in [0, 0.1) is 0 Å². The zero-order valence-corrected chi connectivity index (χ0v) is 10.3. The van der Waals surface area contributed by atoms with Crippen LogP contribution in [-0.4, -0.2) is 15.0 Å². The maximum absolute atomic E-state index is 11.8. The van der Waals surface area contributed by atoms with Crippen LogP contribution in [0.3, 0.4) is 0 Å². The van der Waals surface area contributed by atoms with Crippen molar-refractivity contribution in [2.45, 2.75) is 31.1 Å². The van der Waals surface area contributed by atoms with E-state index in [1.54, 1.807) is 18.2 Å². The van der Waals surface area contributed by atoms with Crippen LogP contribution in [0.2, 0.25) is 0 Å². The Morgan fingerprint density at radius 3 is 2.69 bits per heavy atom. The molecule has 1 aromatic carbocycles. The predicted molar refractivity (Wildman–Crippen MR) is 65.6 cm³/mol. The number of nitrogen functional groups attached to an aromatic ring is 1. The van der Waals surface area contributed by atoms with E-state index in [2.05, 4.69) is 11.6 Å². The molecule has 1 aromatic rings. The van der Waals surface area contributed by atoms with Crippen LogP contribution >= 0.6 is 0 Å². The molecule has 5 heteroatoms. The van der Waals surface area contributed by atoms with Gasteiger partial charge in [-0.15, -0.1) is 0 Å². The molecule has 0 aliphatic carbocycles. The van der Waals surface area contributed by atoms with Gasteiger partial charge in [0.15, 0.2) is 0 Å². The minimum Gasteiger partial charge on any atom is -0.399 e. The molecule has 0 aromatic heterocycles. The van der Waals surface area contributed by atoms with Crippen molar-refractivity contribution in [2.75, 3.05) is 12.3 Å². The van der Waals surface area contributed by atoms with E-state index in [-0.39, 0.29) is 4.90 Å². The first-order valence-electron chi connectivity index (χ1n) is 5.41. The topological polar surface area (TPSA) is 72.2 Å². The Balaban J connectivity index is 2.64. The van der Waals surface area contributed by atoms with Gasteiger partial charge in [-0.1, -0.05) is 25.8 Å². The minimum atomic E-state index is -3.39. The van der Waals surface area contributed by atoms with Crippen LogP contribution < -0.4 is 10.5 Å². The monoisotopic (exact) mass is 242 g/mol. The maximum atomic E-state index is 11.8. The van der Waals surface area contributed by atoms with Gasteiger partial charge in [0, 0.05) is 12.2 Å². The van der Waals surface area contributed by atoms with Gasteiger partial charge in [-0.05, 0) is 24.6 Å². The molecule has 0 saturated carbocycles. The molecule has 0 radical (unpaired) electrons. The molecular formula is C11H18N2O2S. The second kappa shape index (κ2) is 5.86. The fourth-order valence-electron chi connectivity index (χ4n) is 1.35. The van der Waals surface area contributed by atoms with Crippen molar-refractivity contribution in [1.29, 1.82) is 0 Å². The van der Waals surface area contributed by atoms with E-state index in [4.69, 9.17) is 5.73 Å². The van der Waals surface area contributed by atoms with E-state index >= 15 is 0 Å². The van der Waals surface area contributed by atoms with Gasteiger partial charge in [0.25, 0.3) is 0 Å². The maximum Gasteiger partial charge on any atom is 0.240 e. The molecule has 0 unspecified atom stereocenters. The highest BCUT2D eigenvalue weighted by molar-refractivity contribution is 7.89. The lowest BCUT2D eigenvalue weighted by molar-refractivity contribution is 0.576. The largest absolute Gasteiger partial charge is 0.399 e. The molecule has 90 valence electrons. The Morgan fingerprint density at radius 2 is 2.06 bits per heavy atom. The quantitative estimate of drug-likeness (QED) is 0.589. The fraction of sp³-hybridized carbons (Fsp3) is 0.455. The lowest BCUT2D eigenvalue weighted by Gasteiger charge is -2.06. The van der Waals surface area contributed by atoms with Crippen molar-refractivity contribution >= 4 is 15.7 Å². The van der Waals surface area contributed by atoms with Crippen molar-refractivity contribution in [2.24, 2.45) is 0 Å². The first-order valence-corrected chi connectivity index (χ1v) is 6.90. The fourth-order valence-corrected chi connectivity index (χ4v) is 2.48. The van der Waals surface area contributed by atoms with Crippen molar-refractivity contribution in [3.8, 4) is 0 Å². The molecule has 0 aliphatic heterocycles. The number of benzene rings is 1. The zero-order valence-electron chi connectivity index (χ0n) is 9.44. The summed E-state index contributed by atoms with van der Waals surface area (Å²) >= 11 is 0. The first kappa shape index (κ1) is 13.0. The number of hydrogen-bond acceptors (Lipinski definition) is 3. The molecule has 0 aliphatic rings. The highest BCUT2D eigenvalue weighted by Gasteiger charge is 2.12. The Hall–Kier alpha value is -1.07. The van der Waals surface area contributed by atoms with Crippen molar-refractivity contribution in [3.05, 3.63) is 24.3 Å². The summed E-state index contributed by atoms with van der Waals surface area (Å²) in [5.41, 5.74) is 5.99. The summed E-state index contributed by atoms with van der Waals surface area (Å²) in [4.78, 5) is 0.226. The molecule has 0 bridgehead atoms. The number of anilines is 1. The minimum absolute atomic E-state index is 0.226. The number of hydrogen-bond donors (Lipinski definition) is 2. The van der Waals surface area contributed by atoms with Gasteiger partial charge in [0.05, 0.1) is 4.90 Å². The normalized spacial score (nSPS) is 11.6. The third-order valence-electron chi connectivity index (χ3n) is 2.24. The molecule has 3 N–H and O–H groups in total. The van der Waals surface area contributed by atoms with E-state index in [9.17, 15) is 8.42 Å². The van der Waals surface area contributed by atoms with E-state index in [1.165, 1.54) is 6.07 Å². The molecule has 0 amide bonds. The van der Waals surface area contributed by atoms with Gasteiger partial charge < -0.3 is 5.73 Å². The smallest absolute Gasteiger partial charge is 0.240 e. The lowest BCUT2D eigenvalue weighted by Crippen LogP contribution is -2.24. The lowest BCUT2D eigenvalue weighted by atomic mass is 10.3. The van der Waals surface area contributed by atoms with Gasteiger partial charge in [-0.2, -0.15) is 0 Å². The van der Waals surface area contributed by atoms with Gasteiger partial charge >= 0.3 is 0 Å². The summed E-state index contributed by atoms with van der Waals surface area (Å²) in [6, 6.07) is 6.30. The number of sulfonamides is 1. The summed E-state index contributed by atoms with van der Waals surface area (Å²) < 4.78 is 26.1. The Morgan fingerprint density at radius 1 is 1.31 bits per heavy atom.